The summed E-state index contributed by atoms with van der Waals surface area (Å²) in [5.74, 6) is -0.399. The Labute approximate surface area is 267 Å². The van der Waals surface area contributed by atoms with Crippen molar-refractivity contribution in [1.29, 1.82) is 0 Å². The number of hydrogen-bond acceptors (Lipinski definition) is 6. The van der Waals surface area contributed by atoms with Crippen molar-refractivity contribution >= 4 is 28.4 Å². The van der Waals surface area contributed by atoms with Crippen LogP contribution in [0.4, 0.5) is 10.1 Å². The number of fused-ring (bicyclic) bond motifs is 1. The highest BCUT2D eigenvalue weighted by atomic mass is 19.1. The van der Waals surface area contributed by atoms with E-state index in [1.165, 1.54) is 13.2 Å². The fourth-order valence-electron chi connectivity index (χ4n) is 6.23. The van der Waals surface area contributed by atoms with Gasteiger partial charge in [-0.05, 0) is 87.7 Å². The van der Waals surface area contributed by atoms with Gasteiger partial charge < -0.3 is 15.4 Å². The number of amides is 2. The van der Waals surface area contributed by atoms with Gasteiger partial charge in [0.1, 0.15) is 17.3 Å². The molecule has 236 valence electrons. The molecule has 0 radical (unpaired) electrons. The number of likely N-dealkylation sites (tertiary alicyclic amines) is 1. The highest BCUT2D eigenvalue weighted by Crippen LogP contribution is 2.30. The lowest BCUT2D eigenvalue weighted by molar-refractivity contribution is -0.123. The van der Waals surface area contributed by atoms with E-state index in [2.05, 4.69) is 25.8 Å². The van der Waals surface area contributed by atoms with Gasteiger partial charge in [-0.25, -0.2) is 4.39 Å². The molecule has 9 nitrogen and oxygen atoms in total. The summed E-state index contributed by atoms with van der Waals surface area (Å²) in [5.41, 5.74) is 7.03. The molecule has 1 saturated heterocycles. The van der Waals surface area contributed by atoms with Gasteiger partial charge in [-0.15, -0.1) is 0 Å². The minimum absolute atomic E-state index is 0.142. The second-order valence-corrected chi connectivity index (χ2v) is 11.9. The Hall–Kier alpha value is -5.09. The largest absolute Gasteiger partial charge is 0.496 e. The molecule has 2 amide bonds. The molecule has 10 heteroatoms. The van der Waals surface area contributed by atoms with E-state index >= 15 is 4.39 Å². The van der Waals surface area contributed by atoms with E-state index in [1.54, 1.807) is 24.4 Å². The highest BCUT2D eigenvalue weighted by Gasteiger charge is 2.35. The average Bonchev–Trinajstić information content (AvgIpc) is 3.47. The van der Waals surface area contributed by atoms with Crippen LogP contribution in [0.2, 0.25) is 0 Å². The third kappa shape index (κ3) is 6.48. The van der Waals surface area contributed by atoms with Crippen molar-refractivity contribution in [1.82, 2.24) is 25.4 Å². The number of hydrogen-bond donors (Lipinski definition) is 3. The van der Waals surface area contributed by atoms with Crippen LogP contribution >= 0.6 is 0 Å². The van der Waals surface area contributed by atoms with Gasteiger partial charge in [0, 0.05) is 58.8 Å². The summed E-state index contributed by atoms with van der Waals surface area (Å²) in [7, 11) is 1.50. The number of carbonyl (C=O) groups excluding carboxylic acids is 2. The lowest BCUT2D eigenvalue weighted by atomic mass is 9.95. The third-order valence-corrected chi connectivity index (χ3v) is 8.61. The van der Waals surface area contributed by atoms with Crippen molar-refractivity contribution in [2.24, 2.45) is 0 Å². The first-order chi connectivity index (χ1) is 22.2. The first-order valence-electron chi connectivity index (χ1n) is 15.4. The number of aromatic nitrogens is 3. The molecule has 46 heavy (non-hydrogen) atoms. The van der Waals surface area contributed by atoms with Crippen molar-refractivity contribution in [2.45, 2.75) is 52.2 Å². The number of H-pyrrole nitrogens is 1. The average molecular weight is 621 g/mol. The summed E-state index contributed by atoms with van der Waals surface area (Å²) in [6, 6.07) is 19.1. The first kappa shape index (κ1) is 30.9. The predicted molar refractivity (Wildman–Crippen MR) is 176 cm³/mol. The van der Waals surface area contributed by atoms with Crippen molar-refractivity contribution < 1.29 is 18.7 Å². The molecule has 2 atom stereocenters. The number of carbonyl (C=O) groups is 2. The molecular formula is C36H37FN6O3. The van der Waals surface area contributed by atoms with E-state index in [0.29, 0.717) is 36.3 Å². The van der Waals surface area contributed by atoms with E-state index < -0.39 is 11.9 Å². The van der Waals surface area contributed by atoms with Crippen LogP contribution in [0.15, 0.2) is 72.9 Å². The fraction of sp³-hybridized carbons (Fsp3) is 0.278. The van der Waals surface area contributed by atoms with Crippen LogP contribution in [0, 0.1) is 26.6 Å². The summed E-state index contributed by atoms with van der Waals surface area (Å²) in [4.78, 5) is 33.5. The second kappa shape index (κ2) is 13.1. The number of ether oxygens (including phenoxy) is 1. The van der Waals surface area contributed by atoms with E-state index in [0.717, 1.165) is 44.7 Å². The molecule has 3 N–H and O–H groups in total. The van der Waals surface area contributed by atoms with Crippen molar-refractivity contribution in [3.8, 4) is 17.0 Å². The number of piperidine rings is 1. The summed E-state index contributed by atoms with van der Waals surface area (Å²) in [5, 5.41) is 14.6. The monoisotopic (exact) mass is 620 g/mol. The maximum Gasteiger partial charge on any atom is 0.251 e. The second-order valence-electron chi connectivity index (χ2n) is 11.9. The number of aromatic amines is 1. The Morgan fingerprint density at radius 1 is 1.04 bits per heavy atom. The maximum atomic E-state index is 15.1. The third-order valence-electron chi connectivity index (χ3n) is 8.61. The zero-order valence-corrected chi connectivity index (χ0v) is 26.4. The van der Waals surface area contributed by atoms with E-state index in [9.17, 15) is 9.59 Å². The van der Waals surface area contributed by atoms with Crippen LogP contribution < -0.4 is 15.4 Å². The molecular weight excluding hydrogens is 583 g/mol. The molecule has 1 aliphatic heterocycles. The number of pyridine rings is 1. The van der Waals surface area contributed by atoms with Gasteiger partial charge in [0.05, 0.1) is 18.7 Å². The van der Waals surface area contributed by atoms with Crippen molar-refractivity contribution in [3.05, 3.63) is 107 Å². The Morgan fingerprint density at radius 3 is 2.67 bits per heavy atom. The summed E-state index contributed by atoms with van der Waals surface area (Å²) < 4.78 is 20.5. The van der Waals surface area contributed by atoms with Gasteiger partial charge >= 0.3 is 0 Å². The molecule has 3 aromatic carbocycles. The maximum absolute atomic E-state index is 15.1. The van der Waals surface area contributed by atoms with Gasteiger partial charge in [0.15, 0.2) is 0 Å². The fourth-order valence-corrected chi connectivity index (χ4v) is 6.23. The number of anilines is 1. The molecule has 0 saturated carbocycles. The lowest BCUT2D eigenvalue weighted by Crippen LogP contribution is -2.55. The van der Waals surface area contributed by atoms with Gasteiger partial charge in [-0.2, -0.15) is 5.10 Å². The van der Waals surface area contributed by atoms with Crippen LogP contribution in [0.1, 0.15) is 45.6 Å². The number of aryl methyl sites for hydroxylation is 3. The normalized spacial score (nSPS) is 16.7. The molecule has 5 aromatic rings. The SMILES string of the molecule is COc1cccc(F)c1CN1C[C@H](NC(=O)c2ccc3[nH]nc(-c4ccnc(C)c4)c3c2)CC[C@H]1C(=O)Nc1ccc(C)cc1C. The highest BCUT2D eigenvalue weighted by molar-refractivity contribution is 6.01. The minimum Gasteiger partial charge on any atom is -0.496 e. The smallest absolute Gasteiger partial charge is 0.251 e. The Balaban J connectivity index is 1.23. The van der Waals surface area contributed by atoms with Crippen LogP contribution in [0.5, 0.6) is 5.75 Å². The van der Waals surface area contributed by atoms with Crippen LogP contribution in [-0.4, -0.2) is 57.6 Å². The number of nitrogens with one attached hydrogen (secondary N) is 3. The Kier molecular flexibility index (Phi) is 8.81. The van der Waals surface area contributed by atoms with Crippen molar-refractivity contribution in [3.63, 3.8) is 0 Å². The topological polar surface area (TPSA) is 112 Å². The molecule has 1 aliphatic rings. The zero-order chi connectivity index (χ0) is 32.4. The zero-order valence-electron chi connectivity index (χ0n) is 26.4. The van der Waals surface area contributed by atoms with E-state index in [-0.39, 0.29) is 24.4 Å². The quantitative estimate of drug-likeness (QED) is 0.193. The summed E-state index contributed by atoms with van der Waals surface area (Å²) in [6.45, 7) is 6.38. The molecule has 0 unspecified atom stereocenters. The molecule has 2 aromatic heterocycles. The van der Waals surface area contributed by atoms with Crippen LogP contribution in [-0.2, 0) is 11.3 Å². The first-order valence-corrected chi connectivity index (χ1v) is 15.4. The molecule has 0 aliphatic carbocycles. The van der Waals surface area contributed by atoms with Crippen LogP contribution in [0.25, 0.3) is 22.2 Å². The van der Waals surface area contributed by atoms with Gasteiger partial charge in [0.2, 0.25) is 5.91 Å². The Bertz CT molecular complexity index is 1920. The van der Waals surface area contributed by atoms with Gasteiger partial charge in [-0.3, -0.25) is 24.6 Å². The lowest BCUT2D eigenvalue weighted by Gasteiger charge is -2.39. The minimum atomic E-state index is -0.535. The molecule has 1 fully saturated rings. The molecule has 6 rings (SSSR count). The molecule has 3 heterocycles. The summed E-state index contributed by atoms with van der Waals surface area (Å²) in [6.07, 6.45) is 2.80. The summed E-state index contributed by atoms with van der Waals surface area (Å²) >= 11 is 0. The van der Waals surface area contributed by atoms with Crippen LogP contribution in [0.3, 0.4) is 0 Å². The van der Waals surface area contributed by atoms with Crippen molar-refractivity contribution in [2.75, 3.05) is 19.0 Å². The number of methoxy groups -OCH3 is 1. The predicted octanol–water partition coefficient (Wildman–Crippen LogP) is 6.10. The standard InChI is InChI=1S/C36H37FN6O3/c1-21-8-11-30(22(2)16-21)40-36(45)32-13-10-26(19-43(32)20-28-29(37)6-5-7-33(28)46-4)39-35(44)25-9-12-31-27(18-25)34(42-41-31)24-14-15-38-23(3)17-24/h5-9,11-12,14-18,26,32H,10,13,19-20H2,1-4H3,(H,39,44)(H,40,45)(H,41,42)/t26-,32+/m1/s1. The molecule has 0 bridgehead atoms. The Morgan fingerprint density at radius 2 is 1.89 bits per heavy atom. The molecule has 0 spiro atoms. The number of rotatable bonds is 8. The van der Waals surface area contributed by atoms with E-state index in [4.69, 9.17) is 4.74 Å². The number of halogens is 1. The van der Waals surface area contributed by atoms with E-state index in [1.807, 2.05) is 68.1 Å². The number of benzene rings is 3. The number of nitrogens with zero attached hydrogens (tertiary/aromatic N) is 3. The van der Waals surface area contributed by atoms with Gasteiger partial charge in [-0.1, -0.05) is 23.8 Å². The van der Waals surface area contributed by atoms with Gasteiger partial charge in [0.25, 0.3) is 5.91 Å².